The number of aryl methyl sites for hydroxylation is 1. The number of carbonyl (C=O) groups is 1. The fourth-order valence-electron chi connectivity index (χ4n) is 3.06. The molecule has 2 heterocycles. The molecule has 0 radical (unpaired) electrons. The Hall–Kier alpha value is -3.03. The Kier molecular flexibility index (Phi) is 6.10. The summed E-state index contributed by atoms with van der Waals surface area (Å²) in [7, 11) is -3.72. The summed E-state index contributed by atoms with van der Waals surface area (Å²) in [5.74, 6) is -0.0354. The first kappa shape index (κ1) is 20.7. The van der Waals surface area contributed by atoms with Crippen LogP contribution in [0.2, 0.25) is 0 Å². The first-order chi connectivity index (χ1) is 13.8. The van der Waals surface area contributed by atoms with Crippen LogP contribution < -0.4 is 10.1 Å². The van der Waals surface area contributed by atoms with Gasteiger partial charge in [-0.15, -0.1) is 0 Å². The van der Waals surface area contributed by atoms with Crippen molar-refractivity contribution in [2.75, 3.05) is 18.4 Å². The average molecular weight is 415 g/mol. The Bertz CT molecular complexity index is 1060. The van der Waals surface area contributed by atoms with Crippen LogP contribution in [0.4, 0.5) is 5.69 Å². The number of hydrogen-bond acceptors (Lipinski definition) is 7. The molecule has 1 saturated heterocycles. The van der Waals surface area contributed by atoms with Crippen molar-refractivity contribution in [1.29, 1.82) is 5.26 Å². The summed E-state index contributed by atoms with van der Waals surface area (Å²) < 4.78 is 33.2. The number of nitriles is 1. The molecule has 9 nitrogen and oxygen atoms in total. The number of rotatable bonds is 6. The van der Waals surface area contributed by atoms with Crippen LogP contribution >= 0.6 is 0 Å². The smallest absolute Gasteiger partial charge is 0.251 e. The van der Waals surface area contributed by atoms with Crippen molar-refractivity contribution in [2.45, 2.75) is 37.7 Å². The number of benzene rings is 1. The molecule has 0 bridgehead atoms. The molecule has 1 N–H and O–H groups in total. The van der Waals surface area contributed by atoms with Gasteiger partial charge in [-0.05, 0) is 37.1 Å². The third kappa shape index (κ3) is 4.52. The number of anilines is 1. The van der Waals surface area contributed by atoms with Gasteiger partial charge in [0, 0.05) is 31.0 Å². The second-order valence-electron chi connectivity index (χ2n) is 6.60. The highest BCUT2D eigenvalue weighted by Gasteiger charge is 2.35. The van der Waals surface area contributed by atoms with Crippen LogP contribution in [0.15, 0.2) is 35.5 Å². The number of nitrogens with one attached hydrogen (secondary N) is 1. The van der Waals surface area contributed by atoms with Crippen LogP contribution in [0.5, 0.6) is 5.88 Å². The van der Waals surface area contributed by atoms with Crippen molar-refractivity contribution in [3.8, 4) is 11.9 Å². The van der Waals surface area contributed by atoms with Crippen molar-refractivity contribution in [1.82, 2.24) is 14.3 Å². The van der Waals surface area contributed by atoms with Crippen molar-refractivity contribution >= 4 is 21.6 Å². The lowest BCUT2D eigenvalue weighted by Gasteiger charge is -2.19. The summed E-state index contributed by atoms with van der Waals surface area (Å²) in [5, 5.41) is 11.8. The van der Waals surface area contributed by atoms with Gasteiger partial charge in [-0.1, -0.05) is 6.92 Å². The zero-order valence-corrected chi connectivity index (χ0v) is 16.9. The maximum Gasteiger partial charge on any atom is 0.251 e. The van der Waals surface area contributed by atoms with E-state index in [1.165, 1.54) is 22.8 Å². The average Bonchev–Trinajstić information content (AvgIpc) is 3.17. The maximum absolute atomic E-state index is 13.1. The van der Waals surface area contributed by atoms with Gasteiger partial charge in [0.2, 0.25) is 21.6 Å². The molecule has 3 rings (SSSR count). The van der Waals surface area contributed by atoms with E-state index in [0.29, 0.717) is 30.6 Å². The molecule has 1 aliphatic rings. The lowest BCUT2D eigenvalue weighted by molar-refractivity contribution is -0.115. The van der Waals surface area contributed by atoms with Gasteiger partial charge in [0.25, 0.3) is 5.88 Å². The van der Waals surface area contributed by atoms with Gasteiger partial charge in [-0.2, -0.15) is 9.57 Å². The van der Waals surface area contributed by atoms with Crippen molar-refractivity contribution in [2.24, 2.45) is 0 Å². The number of hydrogen-bond donors (Lipinski definition) is 1. The van der Waals surface area contributed by atoms with E-state index < -0.39 is 16.1 Å². The van der Waals surface area contributed by atoms with E-state index in [9.17, 15) is 13.2 Å². The fraction of sp³-hybridized carbons (Fsp3) is 0.368. The van der Waals surface area contributed by atoms with E-state index in [0.717, 1.165) is 0 Å². The van der Waals surface area contributed by atoms with Crippen LogP contribution in [0, 0.1) is 18.3 Å². The summed E-state index contributed by atoms with van der Waals surface area (Å²) >= 11 is 0. The van der Waals surface area contributed by atoms with Crippen molar-refractivity contribution in [3.63, 3.8) is 0 Å². The summed E-state index contributed by atoms with van der Waals surface area (Å²) in [4.78, 5) is 19.6. The molecule has 1 atom stereocenters. The van der Waals surface area contributed by atoms with Crippen molar-refractivity contribution < 1.29 is 17.9 Å². The summed E-state index contributed by atoms with van der Waals surface area (Å²) in [6, 6.07) is 6.63. The van der Waals surface area contributed by atoms with E-state index in [2.05, 4.69) is 15.3 Å². The molecule has 1 aromatic carbocycles. The summed E-state index contributed by atoms with van der Waals surface area (Å²) in [6.45, 7) is 3.88. The number of sulfonamides is 1. The number of ether oxygens (including phenoxy) is 1. The summed E-state index contributed by atoms with van der Waals surface area (Å²) in [5.41, 5.74) is 1.17. The molecule has 2 aromatic rings. The first-order valence-electron chi connectivity index (χ1n) is 9.13. The van der Waals surface area contributed by atoms with Crippen molar-refractivity contribution in [3.05, 3.63) is 41.9 Å². The second-order valence-corrected chi connectivity index (χ2v) is 8.50. The predicted octanol–water partition coefficient (Wildman–Crippen LogP) is 1.85. The molecule has 1 unspecified atom stereocenters. The Labute approximate surface area is 169 Å². The van der Waals surface area contributed by atoms with Gasteiger partial charge in [-0.25, -0.2) is 18.4 Å². The zero-order valence-electron chi connectivity index (χ0n) is 16.1. The molecule has 29 heavy (non-hydrogen) atoms. The number of nitrogens with zero attached hydrogens (tertiary/aromatic N) is 4. The normalized spacial score (nSPS) is 16.9. The highest BCUT2D eigenvalue weighted by molar-refractivity contribution is 7.89. The molecule has 152 valence electrons. The lowest BCUT2D eigenvalue weighted by Crippen LogP contribution is -2.31. The largest absolute Gasteiger partial charge is 0.471 e. The minimum atomic E-state index is -3.72. The topological polar surface area (TPSA) is 125 Å². The van der Waals surface area contributed by atoms with E-state index >= 15 is 0 Å². The SMILES string of the molecule is CCC(=O)Nc1ccc(S(=O)(=O)N2CCC(Oc3nccnc3C#N)C2)c(C)c1. The fourth-order valence-corrected chi connectivity index (χ4v) is 4.76. The molecule has 1 amide bonds. The lowest BCUT2D eigenvalue weighted by atomic mass is 10.2. The Morgan fingerprint density at radius 1 is 1.38 bits per heavy atom. The third-order valence-electron chi connectivity index (χ3n) is 4.55. The highest BCUT2D eigenvalue weighted by atomic mass is 32.2. The number of amides is 1. The van der Waals surface area contributed by atoms with Crippen LogP contribution in [0.1, 0.15) is 31.0 Å². The minimum absolute atomic E-state index is 0.0642. The maximum atomic E-state index is 13.1. The third-order valence-corrected chi connectivity index (χ3v) is 6.58. The number of carbonyl (C=O) groups excluding carboxylic acids is 1. The Morgan fingerprint density at radius 3 is 2.83 bits per heavy atom. The standard InChI is InChI=1S/C19H21N5O4S/c1-3-18(25)23-14-4-5-17(13(2)10-14)29(26,27)24-9-6-15(12-24)28-19-16(11-20)21-7-8-22-19/h4-5,7-8,10,15H,3,6,9,12H2,1-2H3,(H,23,25). The first-order valence-corrected chi connectivity index (χ1v) is 10.6. The van der Waals surface area contributed by atoms with Crippen LogP contribution in [-0.4, -0.2) is 47.8 Å². The van der Waals surface area contributed by atoms with Crippen LogP contribution in [-0.2, 0) is 14.8 Å². The summed E-state index contributed by atoms with van der Waals surface area (Å²) in [6.07, 6.45) is 3.21. The van der Waals surface area contributed by atoms with Gasteiger partial charge in [0.15, 0.2) is 0 Å². The monoisotopic (exact) mass is 415 g/mol. The predicted molar refractivity (Wildman–Crippen MR) is 105 cm³/mol. The molecule has 10 heteroatoms. The van der Waals surface area contributed by atoms with Gasteiger partial charge >= 0.3 is 0 Å². The second kappa shape index (κ2) is 8.55. The van der Waals surface area contributed by atoms with Crippen LogP contribution in [0.3, 0.4) is 0 Å². The Morgan fingerprint density at radius 2 is 2.14 bits per heavy atom. The van der Waals surface area contributed by atoms with E-state index in [-0.39, 0.29) is 28.9 Å². The van der Waals surface area contributed by atoms with E-state index in [4.69, 9.17) is 10.00 Å². The van der Waals surface area contributed by atoms with E-state index in [1.807, 2.05) is 6.07 Å². The minimum Gasteiger partial charge on any atom is -0.471 e. The molecule has 1 fully saturated rings. The number of aromatic nitrogens is 2. The molecular weight excluding hydrogens is 394 g/mol. The van der Waals surface area contributed by atoms with Gasteiger partial charge in [0.05, 0.1) is 11.4 Å². The Balaban J connectivity index is 1.74. The molecule has 1 aliphatic heterocycles. The molecule has 0 aliphatic carbocycles. The molecule has 0 spiro atoms. The quantitative estimate of drug-likeness (QED) is 0.763. The molecule has 1 aromatic heterocycles. The van der Waals surface area contributed by atoms with Crippen LogP contribution in [0.25, 0.3) is 0 Å². The van der Waals surface area contributed by atoms with Gasteiger partial charge in [0.1, 0.15) is 12.2 Å². The van der Waals surface area contributed by atoms with Gasteiger partial charge in [-0.3, -0.25) is 4.79 Å². The zero-order chi connectivity index (χ0) is 21.0. The van der Waals surface area contributed by atoms with Gasteiger partial charge < -0.3 is 10.1 Å². The highest BCUT2D eigenvalue weighted by Crippen LogP contribution is 2.27. The van der Waals surface area contributed by atoms with E-state index in [1.54, 1.807) is 26.0 Å². The molecular formula is C19H21N5O4S. The molecule has 0 saturated carbocycles.